The van der Waals surface area contributed by atoms with Crippen LogP contribution in [-0.2, 0) is 9.47 Å². The molecule has 0 radical (unpaired) electrons. The van der Waals surface area contributed by atoms with E-state index < -0.39 is 0 Å². The van der Waals surface area contributed by atoms with Gasteiger partial charge in [0, 0.05) is 5.57 Å². The van der Waals surface area contributed by atoms with Gasteiger partial charge in [-0.15, -0.1) is 0 Å². The second-order valence-corrected chi connectivity index (χ2v) is 6.26. The van der Waals surface area contributed by atoms with Crippen LogP contribution in [0.2, 0.25) is 0 Å². The van der Waals surface area contributed by atoms with E-state index in [1.165, 1.54) is 0 Å². The summed E-state index contributed by atoms with van der Waals surface area (Å²) in [6.07, 6.45) is 8.51. The summed E-state index contributed by atoms with van der Waals surface area (Å²) in [5.41, 5.74) is 8.27. The average molecular weight is 303 g/mol. The lowest BCUT2D eigenvalue weighted by Crippen LogP contribution is -2.39. The van der Waals surface area contributed by atoms with Crippen LogP contribution in [0.1, 0.15) is 39.5 Å². The molecule has 2 unspecified atom stereocenters. The SMILES string of the molecule is C=C1N=C(N)C2=C(C=CCC2)N1C1CCC(COC(C)C)O1. The quantitative estimate of drug-likeness (QED) is 0.867. The molecule has 1 aliphatic carbocycles. The minimum Gasteiger partial charge on any atom is -0.383 e. The molecule has 3 rings (SSSR count). The average Bonchev–Trinajstić information content (AvgIpc) is 2.94. The van der Waals surface area contributed by atoms with Crippen LogP contribution in [0.15, 0.2) is 40.8 Å². The van der Waals surface area contributed by atoms with Crippen molar-refractivity contribution in [1.29, 1.82) is 0 Å². The predicted molar refractivity (Wildman–Crippen MR) is 87.0 cm³/mol. The Labute approximate surface area is 132 Å². The molecule has 5 nitrogen and oxygen atoms in total. The first-order chi connectivity index (χ1) is 10.6. The van der Waals surface area contributed by atoms with Crippen LogP contribution in [0.25, 0.3) is 0 Å². The van der Waals surface area contributed by atoms with Gasteiger partial charge in [0.15, 0.2) is 0 Å². The lowest BCUT2D eigenvalue weighted by atomic mass is 9.98. The Bertz CT molecular complexity index is 548. The summed E-state index contributed by atoms with van der Waals surface area (Å²) < 4.78 is 11.8. The molecule has 120 valence electrons. The van der Waals surface area contributed by atoms with Crippen molar-refractivity contribution < 1.29 is 9.47 Å². The fourth-order valence-electron chi connectivity index (χ4n) is 3.16. The molecule has 0 aromatic carbocycles. The van der Waals surface area contributed by atoms with Gasteiger partial charge in [-0.3, -0.25) is 4.90 Å². The molecule has 22 heavy (non-hydrogen) atoms. The van der Waals surface area contributed by atoms with E-state index in [-0.39, 0.29) is 18.4 Å². The van der Waals surface area contributed by atoms with Crippen LogP contribution in [0.3, 0.4) is 0 Å². The van der Waals surface area contributed by atoms with Gasteiger partial charge < -0.3 is 15.2 Å². The molecule has 5 heteroatoms. The molecule has 0 bridgehead atoms. The molecular formula is C17H25N3O2. The highest BCUT2D eigenvalue weighted by molar-refractivity contribution is 5.99. The van der Waals surface area contributed by atoms with Gasteiger partial charge in [0.1, 0.15) is 17.9 Å². The topological polar surface area (TPSA) is 60.1 Å². The summed E-state index contributed by atoms with van der Waals surface area (Å²) in [6, 6.07) is 0. The first-order valence-corrected chi connectivity index (χ1v) is 8.05. The van der Waals surface area contributed by atoms with E-state index in [0.717, 1.165) is 37.0 Å². The number of nitrogens with two attached hydrogens (primary N) is 1. The fourth-order valence-corrected chi connectivity index (χ4v) is 3.16. The molecule has 1 saturated heterocycles. The maximum atomic E-state index is 6.17. The number of aliphatic imine (C=N–C) groups is 1. The standard InChI is InChI=1S/C17H25N3O2/c1-11(2)21-10-13-8-9-16(22-13)20-12(3)19-17(18)14-6-4-5-7-15(14)20/h5,7,11,13,16H,3-4,6,8-10H2,1-2H3,(H2,18,19). The zero-order valence-corrected chi connectivity index (χ0v) is 13.4. The number of hydrogen-bond donors (Lipinski definition) is 1. The van der Waals surface area contributed by atoms with Crippen molar-refractivity contribution in [3.63, 3.8) is 0 Å². The summed E-state index contributed by atoms with van der Waals surface area (Å²) in [5, 5.41) is 0. The first kappa shape index (κ1) is 15.3. The van der Waals surface area contributed by atoms with Gasteiger partial charge in [0.05, 0.1) is 24.5 Å². The number of ether oxygens (including phenoxy) is 2. The van der Waals surface area contributed by atoms with Gasteiger partial charge in [0.2, 0.25) is 0 Å². The van der Waals surface area contributed by atoms with Gasteiger partial charge in [-0.2, -0.15) is 0 Å². The molecular weight excluding hydrogens is 278 g/mol. The highest BCUT2D eigenvalue weighted by Gasteiger charge is 2.35. The van der Waals surface area contributed by atoms with Crippen molar-refractivity contribution in [3.05, 3.63) is 35.8 Å². The number of hydrogen-bond acceptors (Lipinski definition) is 5. The van der Waals surface area contributed by atoms with Gasteiger partial charge in [0.25, 0.3) is 0 Å². The molecule has 3 aliphatic rings. The third-order valence-electron chi connectivity index (χ3n) is 4.23. The number of allylic oxidation sites excluding steroid dienone is 2. The van der Waals surface area contributed by atoms with Gasteiger partial charge in [-0.25, -0.2) is 4.99 Å². The Balaban J connectivity index is 1.73. The lowest BCUT2D eigenvalue weighted by Gasteiger charge is -2.36. The van der Waals surface area contributed by atoms with Crippen molar-refractivity contribution >= 4 is 5.84 Å². The summed E-state index contributed by atoms with van der Waals surface area (Å²) in [6.45, 7) is 8.78. The van der Waals surface area contributed by atoms with E-state index in [1.54, 1.807) is 0 Å². The van der Waals surface area contributed by atoms with Crippen LogP contribution in [0.5, 0.6) is 0 Å². The Morgan fingerprint density at radius 3 is 3.09 bits per heavy atom. The smallest absolute Gasteiger partial charge is 0.136 e. The van der Waals surface area contributed by atoms with Crippen molar-refractivity contribution in [3.8, 4) is 0 Å². The summed E-state index contributed by atoms with van der Waals surface area (Å²) in [5.74, 6) is 1.26. The van der Waals surface area contributed by atoms with E-state index >= 15 is 0 Å². The lowest BCUT2D eigenvalue weighted by molar-refractivity contribution is -0.0670. The highest BCUT2D eigenvalue weighted by Crippen LogP contribution is 2.35. The van der Waals surface area contributed by atoms with Crippen molar-refractivity contribution in [1.82, 2.24) is 4.90 Å². The minimum atomic E-state index is -0.0298. The molecule has 2 aliphatic heterocycles. The van der Waals surface area contributed by atoms with Crippen LogP contribution in [0, 0.1) is 0 Å². The molecule has 2 N–H and O–H groups in total. The van der Waals surface area contributed by atoms with Crippen LogP contribution in [-0.4, -0.2) is 35.8 Å². The maximum absolute atomic E-state index is 6.17. The molecule has 1 fully saturated rings. The van der Waals surface area contributed by atoms with E-state index in [4.69, 9.17) is 15.2 Å². The maximum Gasteiger partial charge on any atom is 0.136 e. The molecule has 2 atom stereocenters. The zero-order chi connectivity index (χ0) is 15.7. The van der Waals surface area contributed by atoms with E-state index in [1.807, 2.05) is 13.8 Å². The van der Waals surface area contributed by atoms with E-state index in [0.29, 0.717) is 18.3 Å². The highest BCUT2D eigenvalue weighted by atomic mass is 16.6. The summed E-state index contributed by atoms with van der Waals surface area (Å²) >= 11 is 0. The molecule has 0 saturated carbocycles. The second kappa shape index (κ2) is 6.26. The van der Waals surface area contributed by atoms with Crippen molar-refractivity contribution in [2.24, 2.45) is 10.7 Å². The van der Waals surface area contributed by atoms with Crippen LogP contribution >= 0.6 is 0 Å². The first-order valence-electron chi connectivity index (χ1n) is 8.05. The molecule has 0 aromatic heterocycles. The molecule has 0 spiro atoms. The van der Waals surface area contributed by atoms with Gasteiger partial charge >= 0.3 is 0 Å². The number of nitrogens with zero attached hydrogens (tertiary/aromatic N) is 2. The van der Waals surface area contributed by atoms with Crippen molar-refractivity contribution in [2.75, 3.05) is 6.61 Å². The van der Waals surface area contributed by atoms with E-state index in [9.17, 15) is 0 Å². The summed E-state index contributed by atoms with van der Waals surface area (Å²) in [7, 11) is 0. The van der Waals surface area contributed by atoms with Crippen LogP contribution in [0.4, 0.5) is 0 Å². The largest absolute Gasteiger partial charge is 0.383 e. The molecule has 2 heterocycles. The Kier molecular flexibility index (Phi) is 4.36. The minimum absolute atomic E-state index is 0.0298. The predicted octanol–water partition coefficient (Wildman–Crippen LogP) is 2.66. The molecule has 0 amide bonds. The van der Waals surface area contributed by atoms with Crippen LogP contribution < -0.4 is 5.73 Å². The fraction of sp³-hybridized carbons (Fsp3) is 0.588. The normalized spacial score (nSPS) is 28.4. The van der Waals surface area contributed by atoms with Gasteiger partial charge in [-0.05, 0) is 45.6 Å². The third-order valence-corrected chi connectivity index (χ3v) is 4.23. The Hall–Kier alpha value is -1.59. The number of amidine groups is 1. The van der Waals surface area contributed by atoms with Gasteiger partial charge in [-0.1, -0.05) is 12.7 Å². The Morgan fingerprint density at radius 2 is 2.32 bits per heavy atom. The second-order valence-electron chi connectivity index (χ2n) is 6.26. The number of rotatable bonds is 4. The Morgan fingerprint density at radius 1 is 1.50 bits per heavy atom. The van der Waals surface area contributed by atoms with Crippen molar-refractivity contribution in [2.45, 2.75) is 58.0 Å². The monoisotopic (exact) mass is 303 g/mol. The summed E-state index contributed by atoms with van der Waals surface area (Å²) in [4.78, 5) is 6.51. The zero-order valence-electron chi connectivity index (χ0n) is 13.4. The van der Waals surface area contributed by atoms with E-state index in [2.05, 4.69) is 28.6 Å². The third kappa shape index (κ3) is 2.96. The molecule has 0 aromatic rings.